The van der Waals surface area contributed by atoms with Gasteiger partial charge in [0.1, 0.15) is 17.5 Å². The Morgan fingerprint density at radius 2 is 1.68 bits per heavy atom. The van der Waals surface area contributed by atoms with Gasteiger partial charge in [0.25, 0.3) is 0 Å². The maximum atomic E-state index is 13.8. The Bertz CT molecular complexity index is 845. The number of aliphatic hydroxyl groups excluding tert-OH is 1. The fraction of sp³-hybridized carbons (Fsp3) is 0.167. The van der Waals surface area contributed by atoms with Crippen LogP contribution in [-0.2, 0) is 18.9 Å². The second-order valence-electron chi connectivity index (χ2n) is 5.39. The maximum Gasteiger partial charge on any atom is 0.168 e. The number of rotatable bonds is 6. The van der Waals surface area contributed by atoms with Crippen molar-refractivity contribution < 1.29 is 18.3 Å². The number of aromatic nitrogens is 2. The van der Waals surface area contributed by atoms with E-state index in [-0.39, 0.29) is 23.7 Å². The highest BCUT2D eigenvalue weighted by atomic mass is 32.2. The number of benzene rings is 2. The number of halogens is 3. The van der Waals surface area contributed by atoms with Gasteiger partial charge in [-0.15, -0.1) is 0 Å². The van der Waals surface area contributed by atoms with E-state index in [0.717, 1.165) is 5.56 Å². The molecule has 0 fully saturated rings. The van der Waals surface area contributed by atoms with E-state index in [1.807, 2.05) is 0 Å². The Morgan fingerprint density at radius 1 is 1.00 bits per heavy atom. The molecule has 25 heavy (non-hydrogen) atoms. The van der Waals surface area contributed by atoms with Gasteiger partial charge in [0.2, 0.25) is 0 Å². The lowest BCUT2D eigenvalue weighted by molar-refractivity contribution is 0.270. The minimum atomic E-state index is -0.605. The molecule has 7 heteroatoms. The van der Waals surface area contributed by atoms with Gasteiger partial charge in [-0.05, 0) is 29.8 Å². The first-order chi connectivity index (χ1) is 12.1. The highest BCUT2D eigenvalue weighted by Gasteiger charge is 2.14. The largest absolute Gasteiger partial charge is 0.390 e. The van der Waals surface area contributed by atoms with E-state index in [9.17, 15) is 18.3 Å². The smallest absolute Gasteiger partial charge is 0.168 e. The monoisotopic (exact) mass is 364 g/mol. The molecule has 0 amide bonds. The van der Waals surface area contributed by atoms with Crippen LogP contribution in [0.25, 0.3) is 0 Å². The van der Waals surface area contributed by atoms with Gasteiger partial charge in [-0.2, -0.15) is 0 Å². The summed E-state index contributed by atoms with van der Waals surface area (Å²) in [4.78, 5) is 4.22. The third-order valence-electron chi connectivity index (χ3n) is 3.72. The number of nitrogens with zero attached hydrogens (tertiary/aromatic N) is 2. The summed E-state index contributed by atoms with van der Waals surface area (Å²) in [7, 11) is 0. The van der Waals surface area contributed by atoms with Crippen LogP contribution in [0.4, 0.5) is 13.2 Å². The predicted molar refractivity (Wildman–Crippen MR) is 89.6 cm³/mol. The molecule has 130 valence electrons. The summed E-state index contributed by atoms with van der Waals surface area (Å²) in [5.41, 5.74) is 1.38. The van der Waals surface area contributed by atoms with E-state index in [1.165, 1.54) is 48.3 Å². The van der Waals surface area contributed by atoms with E-state index >= 15 is 0 Å². The Morgan fingerprint density at radius 3 is 2.32 bits per heavy atom. The molecule has 0 aliphatic rings. The Hall–Kier alpha value is -2.25. The summed E-state index contributed by atoms with van der Waals surface area (Å²) < 4.78 is 42.3. The van der Waals surface area contributed by atoms with Crippen LogP contribution in [0.2, 0.25) is 0 Å². The van der Waals surface area contributed by atoms with Crippen molar-refractivity contribution in [3.63, 3.8) is 0 Å². The summed E-state index contributed by atoms with van der Waals surface area (Å²) in [6, 6.07) is 9.73. The van der Waals surface area contributed by atoms with Gasteiger partial charge in [-0.3, -0.25) is 0 Å². The third kappa shape index (κ3) is 4.05. The van der Waals surface area contributed by atoms with Crippen molar-refractivity contribution in [2.75, 3.05) is 0 Å². The van der Waals surface area contributed by atoms with Gasteiger partial charge in [0, 0.05) is 17.9 Å². The summed E-state index contributed by atoms with van der Waals surface area (Å²) in [6.07, 6.45) is 1.52. The average Bonchev–Trinajstić information content (AvgIpc) is 2.98. The lowest BCUT2D eigenvalue weighted by atomic mass is 10.2. The number of hydrogen-bond donors (Lipinski definition) is 1. The van der Waals surface area contributed by atoms with Gasteiger partial charge in [0.15, 0.2) is 5.16 Å². The molecular weight excluding hydrogens is 349 g/mol. The lowest BCUT2D eigenvalue weighted by Gasteiger charge is -2.11. The molecule has 3 nitrogen and oxygen atoms in total. The molecule has 2 aromatic carbocycles. The molecule has 3 aromatic rings. The zero-order chi connectivity index (χ0) is 17.8. The van der Waals surface area contributed by atoms with Crippen molar-refractivity contribution >= 4 is 11.8 Å². The van der Waals surface area contributed by atoms with E-state index in [0.29, 0.717) is 17.4 Å². The van der Waals surface area contributed by atoms with Gasteiger partial charge in [-0.25, -0.2) is 18.2 Å². The van der Waals surface area contributed by atoms with Crippen LogP contribution in [0.15, 0.2) is 53.8 Å². The van der Waals surface area contributed by atoms with Crippen molar-refractivity contribution in [2.24, 2.45) is 0 Å². The second-order valence-corrected chi connectivity index (χ2v) is 6.33. The van der Waals surface area contributed by atoms with Crippen LogP contribution >= 0.6 is 11.8 Å². The summed E-state index contributed by atoms with van der Waals surface area (Å²) in [6.45, 7) is 0.154. The van der Waals surface area contributed by atoms with Crippen LogP contribution in [0.3, 0.4) is 0 Å². The normalized spacial score (nSPS) is 11.0. The number of thioether (sulfide) groups is 1. The first-order valence-corrected chi connectivity index (χ1v) is 8.52. The van der Waals surface area contributed by atoms with Crippen molar-refractivity contribution in [3.05, 3.63) is 82.9 Å². The number of imidazole rings is 1. The Labute approximate surface area is 147 Å². The van der Waals surface area contributed by atoms with Crippen molar-refractivity contribution in [1.29, 1.82) is 0 Å². The molecule has 0 saturated heterocycles. The van der Waals surface area contributed by atoms with Crippen molar-refractivity contribution in [2.45, 2.75) is 24.1 Å². The molecule has 0 aliphatic heterocycles. The molecule has 0 spiro atoms. The zero-order valence-electron chi connectivity index (χ0n) is 13.1. The zero-order valence-corrected chi connectivity index (χ0v) is 13.9. The quantitative estimate of drug-likeness (QED) is 0.668. The highest BCUT2D eigenvalue weighted by Crippen LogP contribution is 2.26. The Kier molecular flexibility index (Phi) is 5.45. The van der Waals surface area contributed by atoms with Crippen molar-refractivity contribution in [3.8, 4) is 0 Å². The van der Waals surface area contributed by atoms with E-state index in [2.05, 4.69) is 4.98 Å². The molecule has 3 rings (SSSR count). The van der Waals surface area contributed by atoms with Crippen LogP contribution in [-0.4, -0.2) is 14.7 Å². The molecule has 0 aliphatic carbocycles. The predicted octanol–water partition coefficient (Wildman–Crippen LogP) is 4.13. The van der Waals surface area contributed by atoms with E-state index in [1.54, 1.807) is 16.7 Å². The first-order valence-electron chi connectivity index (χ1n) is 7.54. The third-order valence-corrected chi connectivity index (χ3v) is 4.74. The molecule has 1 heterocycles. The van der Waals surface area contributed by atoms with E-state index in [4.69, 9.17) is 0 Å². The summed E-state index contributed by atoms with van der Waals surface area (Å²) in [5.74, 6) is -1.47. The average molecular weight is 364 g/mol. The standard InChI is InChI=1S/C18H15F3N2OS/c19-13-6-4-12(5-7-13)9-23-14(10-24)8-22-18(23)25-11-15-16(20)2-1-3-17(15)21/h1-8,24H,9-11H2. The van der Waals surface area contributed by atoms with Crippen LogP contribution in [0.1, 0.15) is 16.8 Å². The van der Waals surface area contributed by atoms with Gasteiger partial charge in [0.05, 0.1) is 18.5 Å². The minimum Gasteiger partial charge on any atom is -0.390 e. The van der Waals surface area contributed by atoms with Crippen molar-refractivity contribution in [1.82, 2.24) is 9.55 Å². The fourth-order valence-corrected chi connectivity index (χ4v) is 3.40. The van der Waals surface area contributed by atoms with E-state index < -0.39 is 11.6 Å². The Balaban J connectivity index is 1.82. The molecule has 1 aromatic heterocycles. The number of hydrogen-bond acceptors (Lipinski definition) is 3. The molecule has 0 atom stereocenters. The SMILES string of the molecule is OCc1cnc(SCc2c(F)cccc2F)n1Cc1ccc(F)cc1. The molecule has 1 N–H and O–H groups in total. The molecule has 0 unspecified atom stereocenters. The fourth-order valence-electron chi connectivity index (χ4n) is 2.38. The topological polar surface area (TPSA) is 38.1 Å². The first kappa shape index (κ1) is 17.6. The van der Waals surface area contributed by atoms with Gasteiger partial charge in [-0.1, -0.05) is 30.0 Å². The highest BCUT2D eigenvalue weighted by molar-refractivity contribution is 7.98. The molecule has 0 bridgehead atoms. The van der Waals surface area contributed by atoms with Crippen LogP contribution in [0, 0.1) is 17.5 Å². The van der Waals surface area contributed by atoms with Gasteiger partial charge < -0.3 is 9.67 Å². The number of aliphatic hydroxyl groups is 1. The van der Waals surface area contributed by atoms with Crippen LogP contribution < -0.4 is 0 Å². The molecule has 0 radical (unpaired) electrons. The van der Waals surface area contributed by atoms with Gasteiger partial charge >= 0.3 is 0 Å². The molecule has 0 saturated carbocycles. The van der Waals surface area contributed by atoms with Crippen LogP contribution in [0.5, 0.6) is 0 Å². The molecular formula is C18H15F3N2OS. The maximum absolute atomic E-state index is 13.8. The minimum absolute atomic E-state index is 0.0191. The summed E-state index contributed by atoms with van der Waals surface area (Å²) >= 11 is 1.17. The summed E-state index contributed by atoms with van der Waals surface area (Å²) in [5, 5.41) is 10.0. The lowest BCUT2D eigenvalue weighted by Crippen LogP contribution is -2.06. The second kappa shape index (κ2) is 7.76.